The minimum Gasteiger partial charge on any atom is -0.446 e. The van der Waals surface area contributed by atoms with Gasteiger partial charge in [0.15, 0.2) is 6.40 Å². The Balaban J connectivity index is 1.96. The van der Waals surface area contributed by atoms with Crippen molar-refractivity contribution in [3.05, 3.63) is 60.2 Å². The van der Waals surface area contributed by atoms with Crippen LogP contribution < -0.4 is 4.74 Å². The third-order valence-electron chi connectivity index (χ3n) is 2.48. The average molecular weight is 225 g/mol. The molecule has 0 aliphatic carbocycles. The summed E-state index contributed by atoms with van der Waals surface area (Å²) in [6.07, 6.45) is 2.51. The quantitative estimate of drug-likeness (QED) is 0.569. The lowest BCUT2D eigenvalue weighted by molar-refractivity contribution is 0.574. The van der Waals surface area contributed by atoms with Crippen LogP contribution in [-0.4, -0.2) is 6.40 Å². The maximum absolute atomic E-state index is 5.37. The molecule has 2 nitrogen and oxygen atoms in total. The van der Waals surface area contributed by atoms with Gasteiger partial charge < -0.3 is 4.74 Å². The molecule has 86 valence electrons. The predicted octanol–water partition coefficient (Wildman–Crippen LogP) is 3.99. The molecule has 0 atom stereocenters. The zero-order valence-electron chi connectivity index (χ0n) is 9.84. The molecule has 2 aromatic carbocycles. The van der Waals surface area contributed by atoms with Crippen molar-refractivity contribution in [3.63, 3.8) is 0 Å². The van der Waals surface area contributed by atoms with E-state index in [-0.39, 0.29) is 0 Å². The highest BCUT2D eigenvalue weighted by Crippen LogP contribution is 2.13. The van der Waals surface area contributed by atoms with E-state index in [0.29, 0.717) is 0 Å². The van der Waals surface area contributed by atoms with Gasteiger partial charge in [-0.3, -0.25) is 0 Å². The number of para-hydroxylation sites is 1. The molecule has 0 heterocycles. The van der Waals surface area contributed by atoms with Gasteiger partial charge in [-0.25, -0.2) is 4.99 Å². The summed E-state index contributed by atoms with van der Waals surface area (Å²) < 4.78 is 5.37. The van der Waals surface area contributed by atoms with Crippen molar-refractivity contribution in [2.75, 3.05) is 0 Å². The summed E-state index contributed by atoms with van der Waals surface area (Å²) in [5.41, 5.74) is 2.21. The Bertz CT molecular complexity index is 474. The molecule has 0 amide bonds. The minimum atomic E-state index is 0.793. The van der Waals surface area contributed by atoms with Gasteiger partial charge in [0.1, 0.15) is 5.75 Å². The number of rotatable bonds is 4. The Morgan fingerprint density at radius 2 is 1.71 bits per heavy atom. The monoisotopic (exact) mass is 225 g/mol. The second-order valence-corrected chi connectivity index (χ2v) is 3.69. The summed E-state index contributed by atoms with van der Waals surface area (Å²) >= 11 is 0. The lowest BCUT2D eigenvalue weighted by Crippen LogP contribution is -1.88. The van der Waals surface area contributed by atoms with E-state index in [4.69, 9.17) is 4.74 Å². The van der Waals surface area contributed by atoms with E-state index in [2.05, 4.69) is 24.0 Å². The van der Waals surface area contributed by atoms with Gasteiger partial charge in [0.05, 0.1) is 5.69 Å². The maximum Gasteiger partial charge on any atom is 0.181 e. The SMILES string of the molecule is CCc1ccc(N=COc2ccccc2)cc1. The van der Waals surface area contributed by atoms with Crippen molar-refractivity contribution in [3.8, 4) is 5.75 Å². The van der Waals surface area contributed by atoms with Crippen LogP contribution in [0.3, 0.4) is 0 Å². The van der Waals surface area contributed by atoms with Gasteiger partial charge in [-0.15, -0.1) is 0 Å². The second-order valence-electron chi connectivity index (χ2n) is 3.69. The molecule has 0 aliphatic rings. The summed E-state index contributed by atoms with van der Waals surface area (Å²) in [5, 5.41) is 0. The van der Waals surface area contributed by atoms with Gasteiger partial charge in [-0.1, -0.05) is 37.3 Å². The molecule has 0 N–H and O–H groups in total. The third-order valence-corrected chi connectivity index (χ3v) is 2.48. The van der Waals surface area contributed by atoms with Crippen molar-refractivity contribution >= 4 is 12.1 Å². The van der Waals surface area contributed by atoms with Crippen molar-refractivity contribution in [2.24, 2.45) is 4.99 Å². The fourth-order valence-electron chi connectivity index (χ4n) is 1.46. The molecule has 0 saturated heterocycles. The summed E-state index contributed by atoms with van der Waals surface area (Å²) in [6.45, 7) is 2.14. The lowest BCUT2D eigenvalue weighted by Gasteiger charge is -1.99. The average Bonchev–Trinajstić information content (AvgIpc) is 2.41. The fourth-order valence-corrected chi connectivity index (χ4v) is 1.46. The van der Waals surface area contributed by atoms with E-state index in [9.17, 15) is 0 Å². The molecule has 0 unspecified atom stereocenters. The van der Waals surface area contributed by atoms with E-state index >= 15 is 0 Å². The molecule has 0 aliphatic heterocycles. The number of nitrogens with zero attached hydrogens (tertiary/aromatic N) is 1. The third kappa shape index (κ3) is 3.45. The highest BCUT2D eigenvalue weighted by atomic mass is 16.5. The topological polar surface area (TPSA) is 21.6 Å². The van der Waals surface area contributed by atoms with Crippen LogP contribution >= 0.6 is 0 Å². The van der Waals surface area contributed by atoms with Crippen molar-refractivity contribution < 1.29 is 4.74 Å². The molecule has 2 heteroatoms. The first kappa shape index (κ1) is 11.4. The Hall–Kier alpha value is -2.09. The molecule has 17 heavy (non-hydrogen) atoms. The van der Waals surface area contributed by atoms with Crippen molar-refractivity contribution in [2.45, 2.75) is 13.3 Å². The van der Waals surface area contributed by atoms with Crippen molar-refractivity contribution in [1.29, 1.82) is 0 Å². The second kappa shape index (κ2) is 5.85. The van der Waals surface area contributed by atoms with Crippen LogP contribution in [0.25, 0.3) is 0 Å². The first-order chi connectivity index (χ1) is 8.38. The van der Waals surface area contributed by atoms with Crippen molar-refractivity contribution in [1.82, 2.24) is 0 Å². The highest BCUT2D eigenvalue weighted by molar-refractivity contribution is 5.58. The summed E-state index contributed by atoms with van der Waals surface area (Å²) in [5.74, 6) is 0.793. The Kier molecular flexibility index (Phi) is 3.92. The van der Waals surface area contributed by atoms with Crippen LogP contribution in [0.5, 0.6) is 5.75 Å². The van der Waals surface area contributed by atoms with Crippen LogP contribution in [0.4, 0.5) is 5.69 Å². The molecule has 0 aromatic heterocycles. The van der Waals surface area contributed by atoms with Crippen LogP contribution in [0.2, 0.25) is 0 Å². The molecule has 2 aromatic rings. The molecule has 0 saturated carbocycles. The van der Waals surface area contributed by atoms with Gasteiger partial charge in [-0.05, 0) is 36.2 Å². The number of hydrogen-bond donors (Lipinski definition) is 0. The first-order valence-corrected chi connectivity index (χ1v) is 5.71. The predicted molar refractivity (Wildman–Crippen MR) is 71.0 cm³/mol. The number of ether oxygens (including phenoxy) is 1. The van der Waals surface area contributed by atoms with Crippen LogP contribution in [-0.2, 0) is 6.42 Å². The smallest absolute Gasteiger partial charge is 0.181 e. The lowest BCUT2D eigenvalue weighted by atomic mass is 10.2. The van der Waals surface area contributed by atoms with E-state index in [0.717, 1.165) is 17.9 Å². The van der Waals surface area contributed by atoms with E-state index < -0.39 is 0 Å². The number of hydrogen-bond acceptors (Lipinski definition) is 2. The van der Waals surface area contributed by atoms with E-state index in [1.54, 1.807) is 0 Å². The fraction of sp³-hybridized carbons (Fsp3) is 0.133. The van der Waals surface area contributed by atoms with Crippen LogP contribution in [0.1, 0.15) is 12.5 Å². The molecular weight excluding hydrogens is 210 g/mol. The maximum atomic E-state index is 5.37. The van der Waals surface area contributed by atoms with Gasteiger partial charge in [0.2, 0.25) is 0 Å². The number of benzene rings is 2. The van der Waals surface area contributed by atoms with E-state index in [1.165, 1.54) is 12.0 Å². The Morgan fingerprint density at radius 1 is 1.00 bits per heavy atom. The number of aryl methyl sites for hydroxylation is 1. The molecule has 0 bridgehead atoms. The summed E-state index contributed by atoms with van der Waals surface area (Å²) in [7, 11) is 0. The van der Waals surface area contributed by atoms with Gasteiger partial charge >= 0.3 is 0 Å². The van der Waals surface area contributed by atoms with Gasteiger partial charge in [0.25, 0.3) is 0 Å². The largest absolute Gasteiger partial charge is 0.446 e. The zero-order valence-corrected chi connectivity index (χ0v) is 9.84. The minimum absolute atomic E-state index is 0.793. The molecule has 0 radical (unpaired) electrons. The van der Waals surface area contributed by atoms with Gasteiger partial charge in [-0.2, -0.15) is 0 Å². The van der Waals surface area contributed by atoms with Crippen LogP contribution in [0.15, 0.2) is 59.6 Å². The normalized spacial score (nSPS) is 10.6. The molecule has 0 spiro atoms. The Morgan fingerprint density at radius 3 is 2.35 bits per heavy atom. The molecule has 2 rings (SSSR count). The van der Waals surface area contributed by atoms with E-state index in [1.807, 2.05) is 42.5 Å². The van der Waals surface area contributed by atoms with Crippen LogP contribution in [0, 0.1) is 0 Å². The zero-order chi connectivity index (χ0) is 11.9. The highest BCUT2D eigenvalue weighted by Gasteiger charge is 1.90. The Labute approximate surface area is 102 Å². The summed E-state index contributed by atoms with van der Waals surface area (Å²) in [6, 6.07) is 17.7. The summed E-state index contributed by atoms with van der Waals surface area (Å²) in [4.78, 5) is 4.23. The molecular formula is C15H15NO. The molecule has 0 fully saturated rings. The van der Waals surface area contributed by atoms with Gasteiger partial charge in [0, 0.05) is 0 Å². The first-order valence-electron chi connectivity index (χ1n) is 5.71. The standard InChI is InChI=1S/C15H15NO/c1-2-13-8-10-14(11-9-13)16-12-17-15-6-4-3-5-7-15/h3-12H,2H2,1H3. The number of aliphatic imine (C=N–C) groups is 1.